The minimum atomic E-state index is -4.28. The van der Waals surface area contributed by atoms with Crippen LogP contribution in [0.4, 0.5) is 0 Å². The number of rotatable bonds is 9. The SMILES string of the molecule is O=S(=O)(Cl)c1cc(Cl)ccc1Cn1cccn1.O=S(=O)(O)c1cc(Cl)ccc1Cn1cccn1.O=S(=O)(O)c1cc(Cl)ccc1Cn1cccn1.[NH4+]. The first kappa shape index (κ1) is 42.6. The second-order valence-electron chi connectivity index (χ2n) is 10.3. The third-order valence-corrected chi connectivity index (χ3v) is 10.6. The van der Waals surface area contributed by atoms with Crippen molar-refractivity contribution in [2.45, 2.75) is 34.3 Å². The molecule has 0 spiro atoms. The van der Waals surface area contributed by atoms with E-state index >= 15 is 0 Å². The van der Waals surface area contributed by atoms with Crippen LogP contribution in [0.15, 0.2) is 125 Å². The van der Waals surface area contributed by atoms with E-state index in [0.29, 0.717) is 28.3 Å². The van der Waals surface area contributed by atoms with Gasteiger partial charge in [0.15, 0.2) is 0 Å². The molecule has 3 aromatic carbocycles. The van der Waals surface area contributed by atoms with Crippen LogP contribution in [0.25, 0.3) is 0 Å². The fourth-order valence-electron chi connectivity index (χ4n) is 4.39. The molecule has 0 saturated carbocycles. The minimum Gasteiger partial charge on any atom is -0.369 e. The predicted octanol–water partition coefficient (Wildman–Crippen LogP) is 6.55. The van der Waals surface area contributed by atoms with Crippen molar-refractivity contribution in [2.24, 2.45) is 0 Å². The van der Waals surface area contributed by atoms with Crippen molar-refractivity contribution in [2.75, 3.05) is 0 Å². The summed E-state index contributed by atoms with van der Waals surface area (Å²) in [7, 11) is -7.02. The summed E-state index contributed by atoms with van der Waals surface area (Å²) in [6.45, 7) is 0.823. The normalized spacial score (nSPS) is 11.4. The number of aromatic nitrogens is 6. The average Bonchev–Trinajstić information content (AvgIpc) is 3.85. The van der Waals surface area contributed by atoms with Gasteiger partial charge in [-0.2, -0.15) is 32.1 Å². The lowest BCUT2D eigenvalue weighted by atomic mass is 10.2. The first-order valence-electron chi connectivity index (χ1n) is 14.1. The van der Waals surface area contributed by atoms with E-state index < -0.39 is 29.3 Å². The van der Waals surface area contributed by atoms with Gasteiger partial charge in [0.1, 0.15) is 9.79 Å². The van der Waals surface area contributed by atoms with Gasteiger partial charge in [-0.05, 0) is 71.3 Å². The van der Waals surface area contributed by atoms with Gasteiger partial charge in [-0.3, -0.25) is 23.2 Å². The maximum Gasteiger partial charge on any atom is 0.294 e. The predicted molar refractivity (Wildman–Crippen MR) is 197 cm³/mol. The summed E-state index contributed by atoms with van der Waals surface area (Å²) in [5.74, 6) is 0. The van der Waals surface area contributed by atoms with Gasteiger partial charge in [0.25, 0.3) is 29.3 Å². The van der Waals surface area contributed by atoms with Crippen LogP contribution >= 0.6 is 45.5 Å². The van der Waals surface area contributed by atoms with Crippen molar-refractivity contribution >= 4 is 74.8 Å². The number of nitrogens with zero attached hydrogens (tertiary/aromatic N) is 6. The fraction of sp³-hybridized carbons (Fsp3) is 0.100. The highest BCUT2D eigenvalue weighted by atomic mass is 35.7. The van der Waals surface area contributed by atoms with Gasteiger partial charge in [-0.15, -0.1) is 0 Å². The van der Waals surface area contributed by atoms with Crippen LogP contribution in [0.3, 0.4) is 0 Å². The highest BCUT2D eigenvalue weighted by Crippen LogP contribution is 2.25. The molecule has 6 rings (SSSR count). The van der Waals surface area contributed by atoms with Gasteiger partial charge in [-0.1, -0.05) is 53.0 Å². The maximum atomic E-state index is 11.4. The molecule has 22 heteroatoms. The van der Waals surface area contributed by atoms with E-state index in [-0.39, 0.29) is 44.0 Å². The zero-order valence-corrected chi connectivity index (χ0v) is 32.3. The van der Waals surface area contributed by atoms with Crippen LogP contribution in [-0.4, -0.2) is 63.7 Å². The van der Waals surface area contributed by atoms with Crippen LogP contribution in [-0.2, 0) is 48.9 Å². The molecule has 0 atom stereocenters. The molecule has 278 valence electrons. The third-order valence-electron chi connectivity index (χ3n) is 6.58. The molecule has 0 bridgehead atoms. The van der Waals surface area contributed by atoms with Crippen LogP contribution in [0, 0.1) is 0 Å². The quantitative estimate of drug-likeness (QED) is 0.104. The standard InChI is InChI=1S/C10H8Cl2N2O2S.2C10H9ClN2O3S.H3N/c11-9-3-2-8(7-14-5-1-4-13-14)10(6-9)17(12,15)16;2*11-9-3-2-8(7-13-5-1-4-12-13)10(6-9)17(14,15)16;/h1-6H,7H2;2*1-6H,7H2,(H,14,15,16);1H3/p+1. The van der Waals surface area contributed by atoms with Crippen LogP contribution < -0.4 is 6.15 Å². The second kappa shape index (κ2) is 18.3. The molecule has 6 N–H and O–H groups in total. The smallest absolute Gasteiger partial charge is 0.294 e. The summed E-state index contributed by atoms with van der Waals surface area (Å²) >= 11 is 17.2. The summed E-state index contributed by atoms with van der Waals surface area (Å²) in [6, 6.07) is 18.4. The van der Waals surface area contributed by atoms with Gasteiger partial charge < -0.3 is 6.15 Å². The molecule has 0 unspecified atom stereocenters. The maximum absolute atomic E-state index is 11.4. The second-order valence-corrected chi connectivity index (χ2v) is 16.9. The molecule has 0 aliphatic carbocycles. The molecular weight excluding hydrogens is 824 g/mol. The zero-order chi connectivity index (χ0) is 37.4. The van der Waals surface area contributed by atoms with Gasteiger partial charge in [-0.25, -0.2) is 8.42 Å². The van der Waals surface area contributed by atoms with E-state index in [1.165, 1.54) is 18.2 Å². The molecule has 3 heterocycles. The average molecular weight is 855 g/mol. The van der Waals surface area contributed by atoms with Gasteiger partial charge >= 0.3 is 0 Å². The molecule has 52 heavy (non-hydrogen) atoms. The highest BCUT2D eigenvalue weighted by molar-refractivity contribution is 8.13. The summed E-state index contributed by atoms with van der Waals surface area (Å²) < 4.78 is 90.6. The molecule has 6 aromatic rings. The van der Waals surface area contributed by atoms with E-state index in [1.54, 1.807) is 106 Å². The minimum absolute atomic E-state index is 0. The molecule has 0 fully saturated rings. The van der Waals surface area contributed by atoms with Crippen molar-refractivity contribution in [1.82, 2.24) is 35.5 Å². The van der Waals surface area contributed by atoms with Crippen molar-refractivity contribution in [3.8, 4) is 0 Å². The van der Waals surface area contributed by atoms with Crippen LogP contribution in [0.1, 0.15) is 16.7 Å². The summed E-state index contributed by atoms with van der Waals surface area (Å²) in [4.78, 5) is -0.372. The van der Waals surface area contributed by atoms with Gasteiger partial charge in [0.2, 0.25) is 0 Å². The first-order chi connectivity index (χ1) is 23.9. The summed E-state index contributed by atoms with van der Waals surface area (Å²) in [5.41, 5.74) is 1.41. The van der Waals surface area contributed by atoms with E-state index in [4.69, 9.17) is 54.6 Å². The Balaban J connectivity index is 0.000000208. The number of quaternary nitrogens is 1. The number of benzene rings is 3. The van der Waals surface area contributed by atoms with E-state index in [0.717, 1.165) is 0 Å². The Morgan fingerprint density at radius 3 is 1.06 bits per heavy atom. The topological polar surface area (TPSA) is 233 Å². The highest BCUT2D eigenvalue weighted by Gasteiger charge is 2.18. The molecule has 3 aromatic heterocycles. The Bertz CT molecular complexity index is 2140. The van der Waals surface area contributed by atoms with Crippen molar-refractivity contribution in [3.63, 3.8) is 0 Å². The van der Waals surface area contributed by atoms with Gasteiger partial charge in [0.05, 0.1) is 24.5 Å². The van der Waals surface area contributed by atoms with Crippen LogP contribution in [0.5, 0.6) is 0 Å². The van der Waals surface area contributed by atoms with E-state index in [1.807, 2.05) is 0 Å². The molecule has 0 saturated heterocycles. The molecule has 0 amide bonds. The Morgan fingerprint density at radius 1 is 0.519 bits per heavy atom. The number of halogens is 4. The fourth-order valence-corrected chi connectivity index (χ4v) is 7.72. The molecule has 0 radical (unpaired) electrons. The first-order valence-corrected chi connectivity index (χ1v) is 20.4. The Hall–Kier alpha value is -3.82. The monoisotopic (exact) mass is 852 g/mol. The van der Waals surface area contributed by atoms with E-state index in [2.05, 4.69) is 15.3 Å². The van der Waals surface area contributed by atoms with Crippen LogP contribution in [0.2, 0.25) is 15.1 Å². The Labute approximate surface area is 318 Å². The lowest BCUT2D eigenvalue weighted by Gasteiger charge is -2.07. The Morgan fingerprint density at radius 2 is 0.808 bits per heavy atom. The third kappa shape index (κ3) is 12.7. The summed E-state index contributed by atoms with van der Waals surface area (Å²) in [5, 5.41) is 12.8. The van der Waals surface area contributed by atoms with Crippen molar-refractivity contribution in [1.29, 1.82) is 0 Å². The lowest BCUT2D eigenvalue weighted by molar-refractivity contribution is 0.479. The zero-order valence-electron chi connectivity index (χ0n) is 26.8. The van der Waals surface area contributed by atoms with Crippen molar-refractivity contribution in [3.05, 3.63) is 142 Å². The number of hydrogen-bond acceptors (Lipinski definition) is 9. The molecule has 0 aliphatic heterocycles. The number of hydrogen-bond donors (Lipinski definition) is 3. The lowest BCUT2D eigenvalue weighted by Crippen LogP contribution is -2.07. The van der Waals surface area contributed by atoms with E-state index in [9.17, 15) is 25.3 Å². The molecular formula is C30H30Cl4N7O8S3+. The Kier molecular flexibility index (Phi) is 15.0. The largest absolute Gasteiger partial charge is 0.369 e. The summed E-state index contributed by atoms with van der Waals surface area (Å²) in [6.07, 6.45) is 9.92. The molecule has 0 aliphatic rings. The molecule has 15 nitrogen and oxygen atoms in total. The van der Waals surface area contributed by atoms with Crippen molar-refractivity contribution < 1.29 is 34.4 Å². The van der Waals surface area contributed by atoms with Gasteiger partial charge in [0, 0.05) is 62.9 Å².